The predicted molar refractivity (Wildman–Crippen MR) is 104 cm³/mol. The molecule has 2 N–H and O–H groups in total. The van der Waals surface area contributed by atoms with Crippen molar-refractivity contribution in [3.63, 3.8) is 0 Å². The number of rotatable bonds is 8. The van der Waals surface area contributed by atoms with Crippen LogP contribution in [0.4, 0.5) is 4.79 Å². The van der Waals surface area contributed by atoms with Gasteiger partial charge in [0, 0.05) is 6.42 Å². The topological polar surface area (TPSA) is 91.2 Å². The molecule has 0 aliphatic heterocycles. The monoisotopic (exact) mass is 365 g/mol. The maximum atomic E-state index is 12.5. The van der Waals surface area contributed by atoms with E-state index in [4.69, 9.17) is 10.00 Å². The summed E-state index contributed by atoms with van der Waals surface area (Å²) < 4.78 is 5.04. The van der Waals surface area contributed by atoms with E-state index >= 15 is 0 Å². The Morgan fingerprint density at radius 3 is 2.67 bits per heavy atom. The molecule has 0 heterocycles. The molecule has 0 spiro atoms. The van der Waals surface area contributed by atoms with Crippen LogP contribution >= 0.6 is 0 Å². The van der Waals surface area contributed by atoms with Crippen molar-refractivity contribution in [3.8, 4) is 6.07 Å². The van der Waals surface area contributed by atoms with Crippen molar-refractivity contribution in [2.45, 2.75) is 31.8 Å². The van der Waals surface area contributed by atoms with Crippen molar-refractivity contribution in [2.75, 3.05) is 6.61 Å². The average molecular weight is 365 g/mol. The summed E-state index contributed by atoms with van der Waals surface area (Å²) in [5.41, 5.74) is 0.893. The second kappa shape index (κ2) is 9.97. The van der Waals surface area contributed by atoms with E-state index in [1.165, 1.54) is 0 Å². The van der Waals surface area contributed by atoms with Gasteiger partial charge < -0.3 is 15.4 Å². The van der Waals surface area contributed by atoms with E-state index in [2.05, 4.69) is 17.2 Å². The minimum absolute atomic E-state index is 0.189. The minimum Gasteiger partial charge on any atom is -0.449 e. The summed E-state index contributed by atoms with van der Waals surface area (Å²) in [4.78, 5) is 24.5. The molecule has 0 aromatic heterocycles. The van der Waals surface area contributed by atoms with Gasteiger partial charge >= 0.3 is 6.09 Å². The number of carbonyl (C=O) groups excluding carboxylic acids is 2. The summed E-state index contributed by atoms with van der Waals surface area (Å²) in [6.45, 7) is 5.33. The highest BCUT2D eigenvalue weighted by molar-refractivity contribution is 5.87. The van der Waals surface area contributed by atoms with Gasteiger partial charge in [0.05, 0.1) is 12.7 Å². The van der Waals surface area contributed by atoms with Crippen LogP contribution in [0.3, 0.4) is 0 Å². The van der Waals surface area contributed by atoms with Crippen LogP contribution in [0.2, 0.25) is 0 Å². The first kappa shape index (κ1) is 20.0. The SMILES string of the molecule is C=CCCOC(=O)NC(Cc1ccc2ccccc2c1)C(=O)NC(C)C#N. The van der Waals surface area contributed by atoms with Gasteiger partial charge in [-0.15, -0.1) is 6.58 Å². The molecule has 6 heteroatoms. The van der Waals surface area contributed by atoms with E-state index in [1.54, 1.807) is 13.0 Å². The highest BCUT2D eigenvalue weighted by Crippen LogP contribution is 2.17. The first-order chi connectivity index (χ1) is 13.0. The largest absolute Gasteiger partial charge is 0.449 e. The average Bonchev–Trinajstić information content (AvgIpc) is 2.67. The zero-order valence-electron chi connectivity index (χ0n) is 15.3. The Kier molecular flexibility index (Phi) is 7.38. The molecule has 140 valence electrons. The first-order valence-electron chi connectivity index (χ1n) is 8.75. The number of alkyl carbamates (subject to hydrolysis) is 1. The fourth-order valence-corrected chi connectivity index (χ4v) is 2.58. The molecule has 0 saturated heterocycles. The van der Waals surface area contributed by atoms with Crippen LogP contribution in [0.1, 0.15) is 18.9 Å². The molecule has 0 fully saturated rings. The number of benzene rings is 2. The normalized spacial score (nSPS) is 12.4. The van der Waals surface area contributed by atoms with Gasteiger partial charge in [-0.1, -0.05) is 48.5 Å². The van der Waals surface area contributed by atoms with Crippen LogP contribution in [0, 0.1) is 11.3 Å². The van der Waals surface area contributed by atoms with Crippen LogP contribution in [0.15, 0.2) is 55.1 Å². The number of hydrogen-bond donors (Lipinski definition) is 2. The van der Waals surface area contributed by atoms with E-state index in [0.717, 1.165) is 16.3 Å². The molecule has 2 rings (SSSR count). The maximum Gasteiger partial charge on any atom is 0.407 e. The van der Waals surface area contributed by atoms with Gasteiger partial charge in [-0.05, 0) is 29.7 Å². The Bertz CT molecular complexity index is 857. The third kappa shape index (κ3) is 6.15. The first-order valence-corrected chi connectivity index (χ1v) is 8.75. The third-order valence-electron chi connectivity index (χ3n) is 3.97. The van der Waals surface area contributed by atoms with E-state index < -0.39 is 24.1 Å². The van der Waals surface area contributed by atoms with Crippen molar-refractivity contribution in [3.05, 3.63) is 60.7 Å². The van der Waals surface area contributed by atoms with Crippen molar-refractivity contribution in [2.24, 2.45) is 0 Å². The van der Waals surface area contributed by atoms with Gasteiger partial charge in [0.25, 0.3) is 0 Å². The van der Waals surface area contributed by atoms with Crippen LogP contribution in [0.5, 0.6) is 0 Å². The van der Waals surface area contributed by atoms with Crippen LogP contribution in [-0.4, -0.2) is 30.7 Å². The summed E-state index contributed by atoms with van der Waals surface area (Å²) in [6.07, 6.45) is 1.77. The molecule has 2 atom stereocenters. The number of nitrogens with one attached hydrogen (secondary N) is 2. The maximum absolute atomic E-state index is 12.5. The molecule has 6 nitrogen and oxygen atoms in total. The van der Waals surface area contributed by atoms with Crippen LogP contribution in [-0.2, 0) is 16.0 Å². The van der Waals surface area contributed by atoms with E-state index in [1.807, 2.05) is 48.5 Å². The van der Waals surface area contributed by atoms with Gasteiger partial charge in [0.2, 0.25) is 5.91 Å². The third-order valence-corrected chi connectivity index (χ3v) is 3.97. The van der Waals surface area contributed by atoms with Crippen molar-refractivity contribution >= 4 is 22.8 Å². The van der Waals surface area contributed by atoms with Crippen LogP contribution in [0.25, 0.3) is 10.8 Å². The Labute approximate surface area is 158 Å². The molecule has 0 aliphatic carbocycles. The fourth-order valence-electron chi connectivity index (χ4n) is 2.58. The summed E-state index contributed by atoms with van der Waals surface area (Å²) in [5, 5.41) is 16.2. The summed E-state index contributed by atoms with van der Waals surface area (Å²) in [7, 11) is 0. The lowest BCUT2D eigenvalue weighted by molar-refractivity contribution is -0.123. The lowest BCUT2D eigenvalue weighted by Crippen LogP contribution is -2.50. The van der Waals surface area contributed by atoms with Gasteiger partial charge in [0.1, 0.15) is 12.1 Å². The second-order valence-corrected chi connectivity index (χ2v) is 6.16. The van der Waals surface area contributed by atoms with Gasteiger partial charge in [-0.2, -0.15) is 5.26 Å². The fraction of sp³-hybridized carbons (Fsp3) is 0.286. The zero-order valence-corrected chi connectivity index (χ0v) is 15.3. The number of ether oxygens (including phenoxy) is 1. The smallest absolute Gasteiger partial charge is 0.407 e. The molecular weight excluding hydrogens is 342 g/mol. The second-order valence-electron chi connectivity index (χ2n) is 6.16. The van der Waals surface area contributed by atoms with E-state index in [9.17, 15) is 9.59 Å². The highest BCUT2D eigenvalue weighted by atomic mass is 16.5. The number of carbonyl (C=O) groups is 2. The number of nitrogens with zero attached hydrogens (tertiary/aromatic N) is 1. The Morgan fingerprint density at radius 1 is 1.22 bits per heavy atom. The number of nitriles is 1. The highest BCUT2D eigenvalue weighted by Gasteiger charge is 2.23. The molecule has 2 aromatic carbocycles. The quantitative estimate of drug-likeness (QED) is 0.555. The lowest BCUT2D eigenvalue weighted by Gasteiger charge is -2.19. The molecule has 2 aromatic rings. The van der Waals surface area contributed by atoms with Crippen molar-refractivity contribution < 1.29 is 14.3 Å². The van der Waals surface area contributed by atoms with E-state index in [-0.39, 0.29) is 13.0 Å². The molecular formula is C21H23N3O3. The molecule has 0 radical (unpaired) electrons. The van der Waals surface area contributed by atoms with E-state index in [0.29, 0.717) is 6.42 Å². The summed E-state index contributed by atoms with van der Waals surface area (Å²) in [5.74, 6) is -0.433. The summed E-state index contributed by atoms with van der Waals surface area (Å²) >= 11 is 0. The zero-order chi connectivity index (χ0) is 19.6. The molecule has 2 unspecified atom stereocenters. The van der Waals surface area contributed by atoms with Crippen molar-refractivity contribution in [1.29, 1.82) is 5.26 Å². The molecule has 0 saturated carbocycles. The Balaban J connectivity index is 2.14. The standard InChI is InChI=1S/C21H23N3O3/c1-3-4-11-27-21(26)24-19(20(25)23-15(2)14-22)13-16-9-10-17-7-5-6-8-18(17)12-16/h3,5-10,12,15,19H,1,4,11,13H2,2H3,(H,23,25)(H,24,26). The number of amides is 2. The molecule has 2 amide bonds. The Hall–Kier alpha value is -3.33. The Morgan fingerprint density at radius 2 is 1.96 bits per heavy atom. The van der Waals surface area contributed by atoms with Crippen molar-refractivity contribution in [1.82, 2.24) is 10.6 Å². The minimum atomic E-state index is -0.849. The van der Waals surface area contributed by atoms with Gasteiger partial charge in [0.15, 0.2) is 0 Å². The number of hydrogen-bond acceptors (Lipinski definition) is 4. The van der Waals surface area contributed by atoms with Gasteiger partial charge in [-0.3, -0.25) is 4.79 Å². The van der Waals surface area contributed by atoms with Crippen LogP contribution < -0.4 is 10.6 Å². The number of fused-ring (bicyclic) bond motifs is 1. The summed E-state index contributed by atoms with van der Waals surface area (Å²) in [6, 6.07) is 14.2. The predicted octanol–water partition coefficient (Wildman–Crippen LogP) is 3.08. The molecule has 27 heavy (non-hydrogen) atoms. The molecule has 0 aliphatic rings. The lowest BCUT2D eigenvalue weighted by atomic mass is 10.0. The molecule has 0 bridgehead atoms. The van der Waals surface area contributed by atoms with Gasteiger partial charge in [-0.25, -0.2) is 4.79 Å².